The molecule has 1 aliphatic rings. The van der Waals surface area contributed by atoms with E-state index in [-0.39, 0.29) is 38.6 Å². The zero-order valence-corrected chi connectivity index (χ0v) is 30.7. The number of rotatable bonds is 20. The monoisotopic (exact) mass is 772 g/mol. The smallest absolute Gasteiger partial charge is 0.326 e. The molecule has 0 aromatic heterocycles. The number of hydrogen-bond donors (Lipinski definition) is 8. The number of benzene rings is 3. The van der Waals surface area contributed by atoms with Gasteiger partial charge in [0.05, 0.1) is 12.6 Å². The Kier molecular flexibility index (Phi) is 16.0. The lowest BCUT2D eigenvalue weighted by Crippen LogP contribution is -2.60. The molecule has 298 valence electrons. The van der Waals surface area contributed by atoms with Crippen molar-refractivity contribution in [2.45, 2.75) is 81.2 Å². The van der Waals surface area contributed by atoms with Crippen LogP contribution in [0.15, 0.2) is 91.0 Å². The van der Waals surface area contributed by atoms with Crippen molar-refractivity contribution >= 4 is 41.5 Å². The first kappa shape index (κ1) is 42.6. The quantitative estimate of drug-likeness (QED) is 0.0753. The predicted octanol–water partition coefficient (Wildman–Crippen LogP) is -0.0863. The molecule has 0 spiro atoms. The molecule has 0 saturated carbocycles. The summed E-state index contributed by atoms with van der Waals surface area (Å²) in [6.45, 7) is -0.747. The Hall–Kier alpha value is -6.13. The molecule has 3 aromatic rings. The highest BCUT2D eigenvalue weighted by Gasteiger charge is 2.40. The fourth-order valence-electron chi connectivity index (χ4n) is 6.38. The molecular formula is C40H48N6O10. The van der Waals surface area contributed by atoms with E-state index >= 15 is 0 Å². The summed E-state index contributed by atoms with van der Waals surface area (Å²) >= 11 is 0. The van der Waals surface area contributed by atoms with Crippen molar-refractivity contribution < 1.29 is 48.9 Å². The average molecular weight is 773 g/mol. The van der Waals surface area contributed by atoms with Gasteiger partial charge in [-0.1, -0.05) is 91.0 Å². The lowest BCUT2D eigenvalue weighted by atomic mass is 10.0. The van der Waals surface area contributed by atoms with Crippen LogP contribution < -0.4 is 27.0 Å². The molecule has 56 heavy (non-hydrogen) atoms. The van der Waals surface area contributed by atoms with Gasteiger partial charge in [0.2, 0.25) is 29.5 Å². The minimum atomic E-state index is -1.50. The standard InChI is InChI=1S/C40H48N6O10/c41-28(21-25-11-4-1-5-12-25)35(50)45-32(24-47)37(52)43-30(22-26-13-6-2-7-14-26)36(51)42-29(18-19-34(48)49)39(54)46-20-10-17-33(46)38(53)44-31(40(55)56)23-27-15-8-3-9-16-27/h1-9,11-16,28-33,47H,10,17-24,41H2,(H,42,51)(H,43,52)(H,44,53)(H,45,50)(H,48,49)(H,55,56)/t28-,29-,30-,31-,32-,33-/m0/s1. The summed E-state index contributed by atoms with van der Waals surface area (Å²) in [5.41, 5.74) is 8.13. The van der Waals surface area contributed by atoms with E-state index in [4.69, 9.17) is 5.73 Å². The van der Waals surface area contributed by atoms with Crippen LogP contribution in [0.3, 0.4) is 0 Å². The van der Waals surface area contributed by atoms with Crippen molar-refractivity contribution in [1.29, 1.82) is 0 Å². The second kappa shape index (κ2) is 21.1. The normalized spacial score (nSPS) is 16.3. The zero-order chi connectivity index (χ0) is 40.6. The lowest BCUT2D eigenvalue weighted by molar-refractivity contribution is -0.145. The highest BCUT2D eigenvalue weighted by Crippen LogP contribution is 2.21. The molecule has 0 radical (unpaired) electrons. The van der Waals surface area contributed by atoms with Gasteiger partial charge in [-0.3, -0.25) is 28.8 Å². The second-order valence-electron chi connectivity index (χ2n) is 13.6. The molecule has 4 rings (SSSR count). The summed E-state index contributed by atoms with van der Waals surface area (Å²) in [5, 5.41) is 39.4. The number of nitrogens with one attached hydrogen (secondary N) is 4. The summed E-state index contributed by atoms with van der Waals surface area (Å²) in [4.78, 5) is 92.7. The largest absolute Gasteiger partial charge is 0.481 e. The van der Waals surface area contributed by atoms with Gasteiger partial charge in [-0.25, -0.2) is 4.79 Å². The molecule has 5 amide bonds. The number of amides is 5. The zero-order valence-electron chi connectivity index (χ0n) is 30.7. The fraction of sp³-hybridized carbons (Fsp3) is 0.375. The van der Waals surface area contributed by atoms with Gasteiger partial charge in [-0.05, 0) is 42.4 Å². The Labute approximate surface area is 323 Å². The van der Waals surface area contributed by atoms with E-state index in [1.807, 2.05) is 6.07 Å². The number of hydrogen-bond acceptors (Lipinski definition) is 9. The second-order valence-corrected chi connectivity index (χ2v) is 13.6. The van der Waals surface area contributed by atoms with Crippen LogP contribution in [0.1, 0.15) is 42.4 Å². The Morgan fingerprint density at radius 2 is 1.12 bits per heavy atom. The van der Waals surface area contributed by atoms with Gasteiger partial charge in [-0.15, -0.1) is 0 Å². The van der Waals surface area contributed by atoms with Crippen molar-refractivity contribution in [2.24, 2.45) is 5.73 Å². The van der Waals surface area contributed by atoms with Crippen LogP contribution in [0.5, 0.6) is 0 Å². The van der Waals surface area contributed by atoms with Gasteiger partial charge in [0.15, 0.2) is 0 Å². The van der Waals surface area contributed by atoms with Crippen molar-refractivity contribution in [3.05, 3.63) is 108 Å². The van der Waals surface area contributed by atoms with Crippen LogP contribution in [0.2, 0.25) is 0 Å². The molecule has 16 heteroatoms. The first-order chi connectivity index (χ1) is 26.9. The molecule has 1 fully saturated rings. The molecule has 0 bridgehead atoms. The van der Waals surface area contributed by atoms with E-state index < -0.39 is 90.8 Å². The predicted molar refractivity (Wildman–Crippen MR) is 202 cm³/mol. The van der Waals surface area contributed by atoms with Crippen molar-refractivity contribution in [2.75, 3.05) is 13.2 Å². The van der Waals surface area contributed by atoms with Gasteiger partial charge in [0, 0.05) is 25.8 Å². The molecule has 1 saturated heterocycles. The maximum atomic E-state index is 14.0. The van der Waals surface area contributed by atoms with Crippen LogP contribution in [0, 0.1) is 0 Å². The number of nitrogens with two attached hydrogens (primary N) is 1. The number of aliphatic hydroxyl groups excluding tert-OH is 1. The Morgan fingerprint density at radius 3 is 1.64 bits per heavy atom. The summed E-state index contributed by atoms with van der Waals surface area (Å²) in [6.07, 6.45) is -0.250. The molecule has 0 unspecified atom stereocenters. The van der Waals surface area contributed by atoms with Gasteiger partial charge < -0.3 is 47.2 Å². The van der Waals surface area contributed by atoms with E-state index in [9.17, 15) is 48.9 Å². The van der Waals surface area contributed by atoms with Gasteiger partial charge in [0.25, 0.3) is 0 Å². The van der Waals surface area contributed by atoms with Crippen molar-refractivity contribution in [3.63, 3.8) is 0 Å². The summed E-state index contributed by atoms with van der Waals surface area (Å²) in [7, 11) is 0. The number of aliphatic carboxylic acids is 2. The minimum Gasteiger partial charge on any atom is -0.481 e. The van der Waals surface area contributed by atoms with Gasteiger partial charge >= 0.3 is 11.9 Å². The van der Waals surface area contributed by atoms with Gasteiger partial charge in [-0.2, -0.15) is 0 Å². The van der Waals surface area contributed by atoms with E-state index in [1.54, 1.807) is 84.9 Å². The highest BCUT2D eigenvalue weighted by atomic mass is 16.4. The topological polar surface area (TPSA) is 258 Å². The van der Waals surface area contributed by atoms with Crippen LogP contribution in [0.25, 0.3) is 0 Å². The lowest BCUT2D eigenvalue weighted by Gasteiger charge is -2.30. The van der Waals surface area contributed by atoms with E-state index in [0.717, 1.165) is 5.56 Å². The number of nitrogens with zero attached hydrogens (tertiary/aromatic N) is 1. The number of carbonyl (C=O) groups is 7. The molecular weight excluding hydrogens is 724 g/mol. The maximum Gasteiger partial charge on any atom is 0.326 e. The van der Waals surface area contributed by atoms with Crippen LogP contribution in [-0.2, 0) is 52.8 Å². The summed E-state index contributed by atoms with van der Waals surface area (Å²) in [5.74, 6) is -6.50. The number of aliphatic hydroxyl groups is 1. The van der Waals surface area contributed by atoms with Crippen molar-refractivity contribution in [1.82, 2.24) is 26.2 Å². The molecule has 1 aliphatic heterocycles. The molecule has 1 heterocycles. The third-order valence-electron chi connectivity index (χ3n) is 9.36. The average Bonchev–Trinajstić information content (AvgIpc) is 3.69. The number of likely N-dealkylation sites (tertiary alicyclic amines) is 1. The highest BCUT2D eigenvalue weighted by molar-refractivity contribution is 5.97. The van der Waals surface area contributed by atoms with E-state index in [2.05, 4.69) is 21.3 Å². The number of carboxylic acids is 2. The summed E-state index contributed by atoms with van der Waals surface area (Å²) < 4.78 is 0. The Bertz CT molecular complexity index is 1810. The third-order valence-corrected chi connectivity index (χ3v) is 9.36. The fourth-order valence-corrected chi connectivity index (χ4v) is 6.38. The molecule has 16 nitrogen and oxygen atoms in total. The molecule has 3 aromatic carbocycles. The van der Waals surface area contributed by atoms with E-state index in [1.165, 1.54) is 4.90 Å². The molecule has 6 atom stereocenters. The third kappa shape index (κ3) is 12.7. The molecule has 0 aliphatic carbocycles. The number of carboxylic acid groups (broad SMARTS) is 2. The number of carbonyl (C=O) groups excluding carboxylic acids is 5. The van der Waals surface area contributed by atoms with E-state index in [0.29, 0.717) is 17.5 Å². The first-order valence-electron chi connectivity index (χ1n) is 18.3. The SMILES string of the molecule is N[C@@H](Cc1ccccc1)C(=O)N[C@@H](CO)C(=O)N[C@@H](Cc1ccccc1)C(=O)N[C@@H](CCC(=O)O)C(=O)N1CCC[C@H]1C(=O)N[C@@H](Cc1ccccc1)C(=O)O. The minimum absolute atomic E-state index is 0.00426. The Morgan fingerprint density at radius 1 is 0.643 bits per heavy atom. The van der Waals surface area contributed by atoms with Crippen LogP contribution in [0.4, 0.5) is 0 Å². The van der Waals surface area contributed by atoms with Crippen molar-refractivity contribution in [3.8, 4) is 0 Å². The first-order valence-corrected chi connectivity index (χ1v) is 18.3. The van der Waals surface area contributed by atoms with Crippen LogP contribution in [-0.4, -0.2) is 111 Å². The maximum absolute atomic E-state index is 14.0. The Balaban J connectivity index is 1.49. The summed E-state index contributed by atoms with van der Waals surface area (Å²) in [6, 6.07) is 18.4. The molecule has 9 N–H and O–H groups in total. The van der Waals surface area contributed by atoms with Gasteiger partial charge in [0.1, 0.15) is 30.2 Å². The van der Waals surface area contributed by atoms with Crippen LogP contribution >= 0.6 is 0 Å².